The molecule has 0 bridgehead atoms. The quantitative estimate of drug-likeness (QED) is 0.0615. The Kier molecular flexibility index (Phi) is 21.1. The third-order valence-electron chi connectivity index (χ3n) is 3.14. The van der Waals surface area contributed by atoms with Gasteiger partial charge in [-0.3, -0.25) is 21.6 Å². The van der Waals surface area contributed by atoms with Crippen molar-refractivity contribution in [3.63, 3.8) is 0 Å². The van der Waals surface area contributed by atoms with Crippen LogP contribution in [0.25, 0.3) is 0 Å². The molecule has 0 aliphatic rings. The van der Waals surface area contributed by atoms with Gasteiger partial charge in [0.25, 0.3) is 0 Å². The maximum Gasteiger partial charge on any atom is 0.151 e. The highest BCUT2D eigenvalue weighted by molar-refractivity contribution is 8.15. The predicted molar refractivity (Wildman–Crippen MR) is 157 cm³/mol. The summed E-state index contributed by atoms with van der Waals surface area (Å²) in [7, 11) is 0. The summed E-state index contributed by atoms with van der Waals surface area (Å²) >= 11 is 11.8. The first-order valence-corrected chi connectivity index (χ1v) is 16.8. The summed E-state index contributed by atoms with van der Waals surface area (Å²) < 4.78 is 0. The lowest BCUT2D eigenvalue weighted by molar-refractivity contribution is 1.10. The molecule has 0 fully saturated rings. The van der Waals surface area contributed by atoms with E-state index in [-0.39, 0.29) is 22.0 Å². The molecule has 12 N–H and O–H groups in total. The smallest absolute Gasteiger partial charge is 0.151 e. The van der Waals surface area contributed by atoms with Crippen LogP contribution in [0.3, 0.4) is 0 Å². The van der Waals surface area contributed by atoms with E-state index in [9.17, 15) is 0 Å². The van der Waals surface area contributed by atoms with Crippen LogP contribution in [0.1, 0.15) is 0 Å². The van der Waals surface area contributed by atoms with E-state index < -0.39 is 0 Å². The molecule has 0 saturated carbocycles. The minimum absolute atomic E-state index is 0.142. The van der Waals surface area contributed by atoms with Gasteiger partial charge in [0.2, 0.25) is 0 Å². The van der Waals surface area contributed by atoms with E-state index in [1.165, 1.54) is 23.5 Å². The average Bonchev–Trinajstić information content (AvgIpc) is 2.68. The van der Waals surface area contributed by atoms with Gasteiger partial charge in [-0.2, -0.15) is 58.8 Å². The Morgan fingerprint density at radius 1 is 0.548 bits per heavy atom. The molecule has 0 aliphatic carbocycles. The van der Waals surface area contributed by atoms with Crippen molar-refractivity contribution in [2.45, 2.75) is 10.5 Å². The van der Waals surface area contributed by atoms with Crippen molar-refractivity contribution in [2.75, 3.05) is 57.5 Å². The molecule has 0 aromatic rings. The largest absolute Gasteiger partial charge is 0.387 e. The Labute approximate surface area is 215 Å². The average molecular weight is 563 g/mol. The number of amidine groups is 4. The molecule has 180 valence electrons. The van der Waals surface area contributed by atoms with Gasteiger partial charge in [-0.05, 0) is 0 Å². The van der Waals surface area contributed by atoms with Crippen LogP contribution in [0.4, 0.5) is 0 Å². The highest BCUT2D eigenvalue weighted by atomic mass is 32.2. The number of nitrogens with two attached hydrogens (primary N) is 4. The first-order valence-electron chi connectivity index (χ1n) is 9.26. The minimum atomic E-state index is 0.142. The van der Waals surface area contributed by atoms with Crippen LogP contribution in [0.15, 0.2) is 0 Å². The molecule has 0 radical (unpaired) electrons. The van der Waals surface area contributed by atoms with Crippen LogP contribution in [0.2, 0.25) is 0 Å². The highest BCUT2D eigenvalue weighted by Gasteiger charge is 2.16. The second-order valence-corrected chi connectivity index (χ2v) is 14.3. The first kappa shape index (κ1) is 31.3. The van der Waals surface area contributed by atoms with Crippen LogP contribution < -0.4 is 22.9 Å². The van der Waals surface area contributed by atoms with Crippen LogP contribution >= 0.6 is 82.3 Å². The van der Waals surface area contributed by atoms with Crippen molar-refractivity contribution in [3.05, 3.63) is 0 Å². The van der Waals surface area contributed by atoms with Crippen LogP contribution in [0, 0.1) is 21.6 Å². The van der Waals surface area contributed by atoms with Crippen molar-refractivity contribution in [1.82, 2.24) is 0 Å². The molecule has 0 rings (SSSR count). The molecule has 2 atom stereocenters. The number of hydrogen-bond donors (Lipinski definition) is 8. The fourth-order valence-corrected chi connectivity index (χ4v) is 9.62. The molecule has 0 aliphatic heterocycles. The van der Waals surface area contributed by atoms with Crippen molar-refractivity contribution in [3.8, 4) is 0 Å². The minimum Gasteiger partial charge on any atom is -0.387 e. The monoisotopic (exact) mass is 562 g/mol. The normalized spacial score (nSPS) is 12.9. The van der Waals surface area contributed by atoms with Crippen LogP contribution in [0.5, 0.6) is 0 Å². The lowest BCUT2D eigenvalue weighted by atomic mass is 10.5. The molecule has 8 nitrogen and oxygen atoms in total. The van der Waals surface area contributed by atoms with E-state index in [0.717, 1.165) is 46.0 Å². The SMILES string of the molecule is N=C(N)CSCCSCC(CSC(=N)N)SCC(CSC(=N)N)SCCSCC(=N)N. The van der Waals surface area contributed by atoms with Crippen molar-refractivity contribution in [2.24, 2.45) is 22.9 Å². The van der Waals surface area contributed by atoms with Gasteiger partial charge in [-0.25, -0.2) is 0 Å². The Balaban J connectivity index is 4.46. The molecular formula is C16H34N8S7. The zero-order valence-corrected chi connectivity index (χ0v) is 23.1. The molecule has 0 saturated heterocycles. The Morgan fingerprint density at radius 2 is 1.00 bits per heavy atom. The highest BCUT2D eigenvalue weighted by Crippen LogP contribution is 2.27. The summed E-state index contributed by atoms with van der Waals surface area (Å²) in [5.74, 6) is 8.98. The lowest BCUT2D eigenvalue weighted by Crippen LogP contribution is -2.21. The zero-order chi connectivity index (χ0) is 23.5. The molecule has 15 heteroatoms. The van der Waals surface area contributed by atoms with Crippen molar-refractivity contribution in [1.29, 1.82) is 21.6 Å². The summed E-state index contributed by atoms with van der Waals surface area (Å²) in [4.78, 5) is 0. The summed E-state index contributed by atoms with van der Waals surface area (Å²) in [6.07, 6.45) is 0. The summed E-state index contributed by atoms with van der Waals surface area (Å²) in [5.41, 5.74) is 21.8. The van der Waals surface area contributed by atoms with Gasteiger partial charge in [-0.1, -0.05) is 23.5 Å². The second-order valence-electron chi connectivity index (χ2n) is 6.03. The van der Waals surface area contributed by atoms with Crippen LogP contribution in [-0.2, 0) is 0 Å². The summed E-state index contributed by atoms with van der Waals surface area (Å²) in [6.45, 7) is 0. The molecular weight excluding hydrogens is 529 g/mol. The van der Waals surface area contributed by atoms with E-state index in [2.05, 4.69) is 0 Å². The number of nitrogens with one attached hydrogen (secondary N) is 4. The number of rotatable bonds is 20. The lowest BCUT2D eigenvalue weighted by Gasteiger charge is -2.20. The standard InChI is InChI=1S/C16H34N8S7/c17-13(18)9-26-2-1-25-5-11(7-30-15(21)22)29-6-12(8-31-16(23)24)28-4-3-27-10-14(19)20/h11-12H,1-10H2,(H3,17,18)(H3,19,20)(H3,21,22)(H3,23,24). The van der Waals surface area contributed by atoms with Gasteiger partial charge >= 0.3 is 0 Å². The Bertz CT molecular complexity index is 552. The predicted octanol–water partition coefficient (Wildman–Crippen LogP) is 2.51. The van der Waals surface area contributed by atoms with Gasteiger partial charge < -0.3 is 22.9 Å². The third-order valence-corrected chi connectivity index (χ3v) is 12.1. The maximum absolute atomic E-state index is 7.50. The molecule has 0 aromatic heterocycles. The van der Waals surface area contributed by atoms with Crippen LogP contribution in [-0.4, -0.2) is 90.0 Å². The molecule has 0 amide bonds. The number of thioether (sulfide) groups is 7. The molecule has 0 spiro atoms. The van der Waals surface area contributed by atoms with Gasteiger partial charge in [0.1, 0.15) is 11.7 Å². The third kappa shape index (κ3) is 23.3. The van der Waals surface area contributed by atoms with Gasteiger partial charge in [0.15, 0.2) is 10.3 Å². The van der Waals surface area contributed by atoms with Gasteiger partial charge in [-0.15, -0.1) is 0 Å². The first-order chi connectivity index (χ1) is 14.7. The molecule has 31 heavy (non-hydrogen) atoms. The number of hydrogen-bond acceptors (Lipinski definition) is 11. The fourth-order valence-electron chi connectivity index (χ4n) is 1.87. The topological polar surface area (TPSA) is 199 Å². The zero-order valence-electron chi connectivity index (χ0n) is 17.4. The van der Waals surface area contributed by atoms with E-state index in [1.807, 2.05) is 35.3 Å². The second kappa shape index (κ2) is 20.9. The maximum atomic E-state index is 7.50. The van der Waals surface area contributed by atoms with Crippen molar-refractivity contribution < 1.29 is 0 Å². The van der Waals surface area contributed by atoms with E-state index in [1.54, 1.807) is 23.5 Å². The molecule has 0 heterocycles. The van der Waals surface area contributed by atoms with E-state index >= 15 is 0 Å². The Morgan fingerprint density at radius 3 is 1.48 bits per heavy atom. The van der Waals surface area contributed by atoms with Crippen molar-refractivity contribution >= 4 is 104 Å². The Hall–Kier alpha value is 0.330. The molecule has 2 unspecified atom stereocenters. The van der Waals surface area contributed by atoms with Gasteiger partial charge in [0, 0.05) is 56.5 Å². The van der Waals surface area contributed by atoms with E-state index in [4.69, 9.17) is 44.6 Å². The summed E-state index contributed by atoms with van der Waals surface area (Å²) in [6, 6.07) is 0. The fraction of sp³-hybridized carbons (Fsp3) is 0.750. The van der Waals surface area contributed by atoms with Gasteiger partial charge in [0.05, 0.1) is 11.5 Å². The molecule has 0 aromatic carbocycles. The van der Waals surface area contributed by atoms with E-state index in [0.29, 0.717) is 22.0 Å². The summed E-state index contributed by atoms with van der Waals surface area (Å²) in [5, 5.41) is 30.6.